The number of methoxy groups -OCH3 is 1. The van der Waals surface area contributed by atoms with Crippen LogP contribution in [0.5, 0.6) is 5.75 Å². The van der Waals surface area contributed by atoms with Gasteiger partial charge in [0.05, 0.1) is 28.4 Å². The van der Waals surface area contributed by atoms with Crippen molar-refractivity contribution in [1.82, 2.24) is 14.5 Å². The van der Waals surface area contributed by atoms with Gasteiger partial charge in [-0.05, 0) is 43.2 Å². The average molecular weight is 436 g/mol. The van der Waals surface area contributed by atoms with Gasteiger partial charge < -0.3 is 18.9 Å². The Morgan fingerprint density at radius 3 is 2.97 bits per heavy atom. The number of carbonyl (C=O) groups is 1. The molecule has 1 saturated heterocycles. The van der Waals surface area contributed by atoms with Gasteiger partial charge in [-0.15, -0.1) is 11.3 Å². The van der Waals surface area contributed by atoms with Crippen LogP contribution >= 0.6 is 11.3 Å². The van der Waals surface area contributed by atoms with E-state index in [1.165, 1.54) is 0 Å². The minimum absolute atomic E-state index is 0.0116. The Kier molecular flexibility index (Phi) is 5.61. The van der Waals surface area contributed by atoms with Crippen molar-refractivity contribution in [3.8, 4) is 5.75 Å². The van der Waals surface area contributed by atoms with Crippen LogP contribution in [0.25, 0.3) is 21.1 Å². The van der Waals surface area contributed by atoms with E-state index in [0.29, 0.717) is 6.61 Å². The van der Waals surface area contributed by atoms with Crippen molar-refractivity contribution in [2.45, 2.75) is 25.4 Å². The second kappa shape index (κ2) is 8.69. The SMILES string of the molecule is COCCn1ccc2c(OCC(=O)N3CCC[C@H]3c3nc4ccccc4s3)cccc21. The zero-order valence-electron chi connectivity index (χ0n) is 17.5. The lowest BCUT2D eigenvalue weighted by Gasteiger charge is -2.23. The van der Waals surface area contributed by atoms with Crippen molar-refractivity contribution in [3.05, 3.63) is 59.7 Å². The standard InChI is InChI=1S/C24H25N3O3S/c1-29-15-14-26-13-11-17-19(26)7-4-9-21(17)30-16-23(28)27-12-5-8-20(27)24-25-18-6-2-3-10-22(18)31-24/h2-4,6-7,9-11,13,20H,5,8,12,14-16H2,1H3/t20-/m0/s1. The van der Waals surface area contributed by atoms with Crippen molar-refractivity contribution < 1.29 is 14.3 Å². The molecule has 31 heavy (non-hydrogen) atoms. The molecule has 3 heterocycles. The Balaban J connectivity index is 1.30. The van der Waals surface area contributed by atoms with Gasteiger partial charge in [-0.2, -0.15) is 0 Å². The maximum atomic E-state index is 13.1. The van der Waals surface area contributed by atoms with E-state index in [2.05, 4.69) is 16.7 Å². The molecule has 0 spiro atoms. The number of amides is 1. The van der Waals surface area contributed by atoms with E-state index in [1.54, 1.807) is 18.4 Å². The second-order valence-electron chi connectivity index (χ2n) is 7.74. The fraction of sp³-hybridized carbons (Fsp3) is 0.333. The molecule has 0 saturated carbocycles. The molecule has 160 valence electrons. The lowest BCUT2D eigenvalue weighted by molar-refractivity contribution is -0.134. The molecule has 0 radical (unpaired) electrons. The van der Waals surface area contributed by atoms with Crippen LogP contribution < -0.4 is 4.74 Å². The van der Waals surface area contributed by atoms with Crippen LogP contribution in [0.1, 0.15) is 23.9 Å². The Hall–Kier alpha value is -2.90. The zero-order chi connectivity index (χ0) is 21.2. The van der Waals surface area contributed by atoms with E-state index in [4.69, 9.17) is 14.5 Å². The normalized spacial score (nSPS) is 16.4. The van der Waals surface area contributed by atoms with E-state index in [1.807, 2.05) is 47.5 Å². The first-order chi connectivity index (χ1) is 15.2. The van der Waals surface area contributed by atoms with Gasteiger partial charge in [0.2, 0.25) is 0 Å². The number of fused-ring (bicyclic) bond motifs is 2. The Labute approximate surface area is 185 Å². The summed E-state index contributed by atoms with van der Waals surface area (Å²) in [5, 5.41) is 2.03. The number of rotatable bonds is 7. The number of carbonyl (C=O) groups excluding carboxylic acids is 1. The fourth-order valence-electron chi connectivity index (χ4n) is 4.28. The monoisotopic (exact) mass is 435 g/mol. The third-order valence-electron chi connectivity index (χ3n) is 5.83. The molecule has 1 atom stereocenters. The van der Waals surface area contributed by atoms with Crippen molar-refractivity contribution in [2.24, 2.45) is 0 Å². The molecule has 7 heteroatoms. The van der Waals surface area contributed by atoms with Crippen LogP contribution in [0.3, 0.4) is 0 Å². The molecule has 0 aliphatic carbocycles. The minimum Gasteiger partial charge on any atom is -0.483 e. The number of hydrogen-bond donors (Lipinski definition) is 0. The number of likely N-dealkylation sites (tertiary alicyclic amines) is 1. The third-order valence-corrected chi connectivity index (χ3v) is 6.97. The summed E-state index contributed by atoms with van der Waals surface area (Å²) in [6.45, 7) is 2.21. The highest BCUT2D eigenvalue weighted by Gasteiger charge is 2.32. The van der Waals surface area contributed by atoms with E-state index in [0.717, 1.165) is 57.8 Å². The highest BCUT2D eigenvalue weighted by atomic mass is 32.1. The summed E-state index contributed by atoms with van der Waals surface area (Å²) < 4.78 is 14.5. The van der Waals surface area contributed by atoms with Crippen LogP contribution in [-0.2, 0) is 16.1 Å². The number of ether oxygens (including phenoxy) is 2. The molecule has 5 rings (SSSR count). The van der Waals surface area contributed by atoms with Crippen LogP contribution in [-0.4, -0.2) is 47.2 Å². The molecule has 6 nitrogen and oxygen atoms in total. The molecule has 1 fully saturated rings. The molecular formula is C24H25N3O3S. The van der Waals surface area contributed by atoms with E-state index < -0.39 is 0 Å². The molecular weight excluding hydrogens is 410 g/mol. The van der Waals surface area contributed by atoms with Crippen molar-refractivity contribution >= 4 is 38.4 Å². The van der Waals surface area contributed by atoms with Gasteiger partial charge in [0.25, 0.3) is 5.91 Å². The summed E-state index contributed by atoms with van der Waals surface area (Å²) in [5.41, 5.74) is 2.08. The smallest absolute Gasteiger partial charge is 0.261 e. The number of thiazole rings is 1. The van der Waals surface area contributed by atoms with Crippen molar-refractivity contribution in [3.63, 3.8) is 0 Å². The number of para-hydroxylation sites is 1. The van der Waals surface area contributed by atoms with E-state index in [-0.39, 0.29) is 18.6 Å². The summed E-state index contributed by atoms with van der Waals surface area (Å²) in [7, 11) is 1.70. The van der Waals surface area contributed by atoms with Gasteiger partial charge in [-0.3, -0.25) is 4.79 Å². The third kappa shape index (κ3) is 3.91. The predicted molar refractivity (Wildman–Crippen MR) is 123 cm³/mol. The van der Waals surface area contributed by atoms with Gasteiger partial charge in [0.15, 0.2) is 6.61 Å². The Bertz CT molecular complexity index is 1180. The maximum Gasteiger partial charge on any atom is 0.261 e. The number of nitrogens with zero attached hydrogens (tertiary/aromatic N) is 3. The second-order valence-corrected chi connectivity index (χ2v) is 8.81. The predicted octanol–water partition coefficient (Wildman–Crippen LogP) is 4.64. The topological polar surface area (TPSA) is 56.6 Å². The van der Waals surface area contributed by atoms with Gasteiger partial charge >= 0.3 is 0 Å². The average Bonchev–Trinajstić information content (AvgIpc) is 3.53. The molecule has 1 amide bonds. The summed E-state index contributed by atoms with van der Waals surface area (Å²) in [5.74, 6) is 0.746. The molecule has 2 aromatic carbocycles. The van der Waals surface area contributed by atoms with Crippen molar-refractivity contribution in [1.29, 1.82) is 0 Å². The number of hydrogen-bond acceptors (Lipinski definition) is 5. The van der Waals surface area contributed by atoms with Gasteiger partial charge in [0, 0.05) is 31.8 Å². The first-order valence-corrected chi connectivity index (χ1v) is 11.4. The summed E-state index contributed by atoms with van der Waals surface area (Å²) in [4.78, 5) is 19.8. The summed E-state index contributed by atoms with van der Waals surface area (Å²) >= 11 is 1.68. The molecule has 4 aromatic rings. The first-order valence-electron chi connectivity index (χ1n) is 10.6. The maximum absolute atomic E-state index is 13.1. The van der Waals surface area contributed by atoms with Crippen LogP contribution in [0.4, 0.5) is 0 Å². The Morgan fingerprint density at radius 2 is 2.10 bits per heavy atom. The van der Waals surface area contributed by atoms with Crippen LogP contribution in [0.15, 0.2) is 54.7 Å². The molecule has 1 aliphatic heterocycles. The fourth-order valence-corrected chi connectivity index (χ4v) is 5.40. The minimum atomic E-state index is 0.0116. The highest BCUT2D eigenvalue weighted by molar-refractivity contribution is 7.18. The van der Waals surface area contributed by atoms with Crippen LogP contribution in [0, 0.1) is 0 Å². The molecule has 0 unspecified atom stereocenters. The quantitative estimate of drug-likeness (QED) is 0.424. The van der Waals surface area contributed by atoms with E-state index >= 15 is 0 Å². The molecule has 0 N–H and O–H groups in total. The Morgan fingerprint density at radius 1 is 1.19 bits per heavy atom. The lowest BCUT2D eigenvalue weighted by atomic mass is 10.2. The summed E-state index contributed by atoms with van der Waals surface area (Å²) in [6, 6.07) is 16.2. The van der Waals surface area contributed by atoms with Crippen LogP contribution in [0.2, 0.25) is 0 Å². The van der Waals surface area contributed by atoms with Gasteiger partial charge in [0.1, 0.15) is 10.8 Å². The van der Waals surface area contributed by atoms with E-state index in [9.17, 15) is 4.79 Å². The first kappa shape index (κ1) is 20.0. The molecule has 2 aromatic heterocycles. The largest absolute Gasteiger partial charge is 0.483 e. The van der Waals surface area contributed by atoms with Gasteiger partial charge in [-0.1, -0.05) is 18.2 Å². The van der Waals surface area contributed by atoms with Crippen molar-refractivity contribution in [2.75, 3.05) is 26.9 Å². The number of benzene rings is 2. The lowest BCUT2D eigenvalue weighted by Crippen LogP contribution is -2.34. The zero-order valence-corrected chi connectivity index (χ0v) is 18.3. The molecule has 0 bridgehead atoms. The molecule has 1 aliphatic rings. The van der Waals surface area contributed by atoms with Gasteiger partial charge in [-0.25, -0.2) is 4.98 Å². The highest BCUT2D eigenvalue weighted by Crippen LogP contribution is 2.36. The summed E-state index contributed by atoms with van der Waals surface area (Å²) in [6.07, 6.45) is 3.97. The number of aromatic nitrogens is 2.